The first-order valence-electron chi connectivity index (χ1n) is 8.14. The Morgan fingerprint density at radius 3 is 2.70 bits per heavy atom. The average molecular weight is 325 g/mol. The molecule has 0 radical (unpaired) electrons. The molecule has 2 rings (SSSR count). The maximum absolute atomic E-state index is 12.3. The van der Waals surface area contributed by atoms with Crippen LogP contribution in [-0.2, 0) is 16.1 Å². The predicted octanol–water partition coefficient (Wildman–Crippen LogP) is 3.07. The van der Waals surface area contributed by atoms with Gasteiger partial charge in [-0.3, -0.25) is 0 Å². The van der Waals surface area contributed by atoms with Crippen LogP contribution in [0.2, 0.25) is 0 Å². The van der Waals surface area contributed by atoms with Gasteiger partial charge in [0.25, 0.3) is 0 Å². The molecule has 0 aliphatic carbocycles. The van der Waals surface area contributed by atoms with Gasteiger partial charge in [0.05, 0.1) is 18.8 Å². The van der Waals surface area contributed by atoms with Crippen LogP contribution in [0.3, 0.4) is 0 Å². The lowest BCUT2D eigenvalue weighted by Gasteiger charge is -2.42. The number of carbonyl (C=O) groups is 1. The second kappa shape index (κ2) is 6.86. The van der Waals surface area contributed by atoms with E-state index in [2.05, 4.69) is 17.2 Å². The van der Waals surface area contributed by atoms with Crippen molar-refractivity contribution < 1.29 is 18.9 Å². The van der Waals surface area contributed by atoms with Crippen LogP contribution in [0.15, 0.2) is 4.63 Å². The van der Waals surface area contributed by atoms with Crippen molar-refractivity contribution in [2.75, 3.05) is 13.1 Å². The van der Waals surface area contributed by atoms with Crippen molar-refractivity contribution in [3.05, 3.63) is 11.4 Å². The second-order valence-electron chi connectivity index (χ2n) is 7.13. The topological polar surface area (TPSA) is 77.7 Å². The van der Waals surface area contributed by atoms with Crippen molar-refractivity contribution in [1.82, 2.24) is 15.2 Å². The van der Waals surface area contributed by atoms with Gasteiger partial charge >= 0.3 is 6.09 Å². The number of carbonyl (C=O) groups excluding carboxylic acids is 1. The lowest BCUT2D eigenvalue weighted by molar-refractivity contribution is -0.103. The van der Waals surface area contributed by atoms with Gasteiger partial charge in [0.2, 0.25) is 0 Å². The Morgan fingerprint density at radius 1 is 1.39 bits per heavy atom. The molecular weight excluding hydrogens is 298 g/mol. The van der Waals surface area contributed by atoms with Gasteiger partial charge in [-0.2, -0.15) is 0 Å². The molecule has 23 heavy (non-hydrogen) atoms. The average Bonchev–Trinajstić information content (AvgIpc) is 2.89. The summed E-state index contributed by atoms with van der Waals surface area (Å²) in [7, 11) is 0. The number of rotatable bonds is 4. The molecule has 0 spiro atoms. The van der Waals surface area contributed by atoms with E-state index >= 15 is 0 Å². The highest BCUT2D eigenvalue weighted by Crippen LogP contribution is 2.30. The fourth-order valence-electron chi connectivity index (χ4n) is 2.69. The van der Waals surface area contributed by atoms with Gasteiger partial charge in [-0.15, -0.1) is 0 Å². The van der Waals surface area contributed by atoms with Crippen molar-refractivity contribution >= 4 is 6.09 Å². The van der Waals surface area contributed by atoms with Crippen molar-refractivity contribution in [2.24, 2.45) is 0 Å². The highest BCUT2D eigenvalue weighted by atomic mass is 16.6. The van der Waals surface area contributed by atoms with Crippen LogP contribution in [0.25, 0.3) is 0 Å². The maximum Gasteiger partial charge on any atom is 0.410 e. The first kappa shape index (κ1) is 17.7. The van der Waals surface area contributed by atoms with Gasteiger partial charge < -0.3 is 14.4 Å². The highest BCUT2D eigenvalue weighted by Gasteiger charge is 2.38. The standard InChI is InChI=1S/C16H27N3O4/c1-6-16(21-10-13-12(2)17-23-18-13)8-7-9-19(11-16)14(20)22-15(3,4)5/h6-11H2,1-5H3. The molecule has 1 saturated heterocycles. The molecule has 7 nitrogen and oxygen atoms in total. The number of piperidine rings is 1. The van der Waals surface area contributed by atoms with Crippen molar-refractivity contribution in [2.45, 2.75) is 71.7 Å². The highest BCUT2D eigenvalue weighted by molar-refractivity contribution is 5.68. The lowest BCUT2D eigenvalue weighted by atomic mass is 9.90. The smallest absolute Gasteiger partial charge is 0.410 e. The van der Waals surface area contributed by atoms with Gasteiger partial charge in [-0.05, 0) is 47.0 Å². The Bertz CT molecular complexity index is 538. The summed E-state index contributed by atoms with van der Waals surface area (Å²) in [5.74, 6) is 0. The summed E-state index contributed by atoms with van der Waals surface area (Å²) in [4.78, 5) is 14.1. The van der Waals surface area contributed by atoms with Crippen LogP contribution < -0.4 is 0 Å². The third kappa shape index (κ3) is 4.67. The van der Waals surface area contributed by atoms with Crippen molar-refractivity contribution in [3.63, 3.8) is 0 Å². The Hall–Kier alpha value is -1.63. The fraction of sp³-hybridized carbons (Fsp3) is 0.812. The number of hydrogen-bond donors (Lipinski definition) is 0. The molecule has 0 saturated carbocycles. The molecule has 130 valence electrons. The zero-order chi connectivity index (χ0) is 17.1. The minimum Gasteiger partial charge on any atom is -0.444 e. The van der Waals surface area contributed by atoms with Gasteiger partial charge in [-0.25, -0.2) is 9.42 Å². The molecule has 1 atom stereocenters. The van der Waals surface area contributed by atoms with E-state index in [4.69, 9.17) is 14.1 Å². The number of ether oxygens (including phenoxy) is 2. The number of amides is 1. The second-order valence-corrected chi connectivity index (χ2v) is 7.13. The molecule has 2 heterocycles. The normalized spacial score (nSPS) is 22.2. The molecule has 0 bridgehead atoms. The van der Waals surface area contributed by atoms with E-state index in [1.54, 1.807) is 4.90 Å². The molecule has 1 fully saturated rings. The molecule has 0 N–H and O–H groups in total. The zero-order valence-corrected chi connectivity index (χ0v) is 14.7. The first-order valence-corrected chi connectivity index (χ1v) is 8.14. The maximum atomic E-state index is 12.3. The lowest BCUT2D eigenvalue weighted by Crippen LogP contribution is -2.52. The summed E-state index contributed by atoms with van der Waals surface area (Å²) in [5.41, 5.74) is 0.567. The Labute approximate surface area is 137 Å². The van der Waals surface area contributed by atoms with Gasteiger partial charge in [0.1, 0.15) is 17.0 Å². The third-order valence-corrected chi connectivity index (χ3v) is 4.10. The molecule has 1 aromatic rings. The van der Waals surface area contributed by atoms with Gasteiger partial charge in [0, 0.05) is 6.54 Å². The quantitative estimate of drug-likeness (QED) is 0.846. The Morgan fingerprint density at radius 2 is 2.13 bits per heavy atom. The van der Waals surface area contributed by atoms with Crippen LogP contribution in [0.1, 0.15) is 58.3 Å². The summed E-state index contributed by atoms with van der Waals surface area (Å²) >= 11 is 0. The number of likely N-dealkylation sites (tertiary alicyclic amines) is 1. The summed E-state index contributed by atoms with van der Waals surface area (Å²) in [5, 5.41) is 7.61. The Kier molecular flexibility index (Phi) is 5.29. The molecule has 7 heteroatoms. The van der Waals surface area contributed by atoms with Crippen LogP contribution in [0, 0.1) is 6.92 Å². The Balaban J connectivity index is 2.00. The summed E-state index contributed by atoms with van der Waals surface area (Å²) in [6.45, 7) is 11.1. The molecule has 1 aromatic heterocycles. The summed E-state index contributed by atoms with van der Waals surface area (Å²) in [6, 6.07) is 0. The van der Waals surface area contributed by atoms with Crippen molar-refractivity contribution in [1.29, 1.82) is 0 Å². The van der Waals surface area contributed by atoms with Crippen LogP contribution in [0.4, 0.5) is 4.79 Å². The number of hydrogen-bond acceptors (Lipinski definition) is 6. The minimum absolute atomic E-state index is 0.280. The third-order valence-electron chi connectivity index (χ3n) is 4.10. The van der Waals surface area contributed by atoms with Crippen LogP contribution in [-0.4, -0.2) is 45.6 Å². The van der Waals surface area contributed by atoms with E-state index in [0.717, 1.165) is 25.0 Å². The molecule has 1 amide bonds. The molecule has 0 aromatic carbocycles. The zero-order valence-electron chi connectivity index (χ0n) is 14.7. The monoisotopic (exact) mass is 325 g/mol. The van der Waals surface area contributed by atoms with E-state index in [0.29, 0.717) is 25.4 Å². The largest absolute Gasteiger partial charge is 0.444 e. The summed E-state index contributed by atoms with van der Waals surface area (Å²) < 4.78 is 16.3. The fourth-order valence-corrected chi connectivity index (χ4v) is 2.69. The molecule has 1 aliphatic heterocycles. The van der Waals surface area contributed by atoms with E-state index in [9.17, 15) is 4.79 Å². The first-order chi connectivity index (χ1) is 10.7. The van der Waals surface area contributed by atoms with Gasteiger partial charge in [0.15, 0.2) is 0 Å². The van der Waals surface area contributed by atoms with E-state index in [1.807, 2.05) is 27.7 Å². The predicted molar refractivity (Wildman–Crippen MR) is 83.9 cm³/mol. The summed E-state index contributed by atoms with van der Waals surface area (Å²) in [6.07, 6.45) is 2.34. The molecular formula is C16H27N3O4. The van der Waals surface area contributed by atoms with E-state index < -0.39 is 5.60 Å². The molecule has 1 unspecified atom stereocenters. The van der Waals surface area contributed by atoms with Crippen molar-refractivity contribution in [3.8, 4) is 0 Å². The number of aryl methyl sites for hydroxylation is 1. The number of nitrogens with zero attached hydrogens (tertiary/aromatic N) is 3. The minimum atomic E-state index is -0.492. The van der Waals surface area contributed by atoms with E-state index in [-0.39, 0.29) is 11.7 Å². The number of aromatic nitrogens is 2. The SMILES string of the molecule is CCC1(OCc2nonc2C)CCCN(C(=O)OC(C)(C)C)C1. The van der Waals surface area contributed by atoms with E-state index in [1.165, 1.54) is 0 Å². The van der Waals surface area contributed by atoms with Crippen LogP contribution >= 0.6 is 0 Å². The molecule has 1 aliphatic rings. The van der Waals surface area contributed by atoms with Gasteiger partial charge in [-0.1, -0.05) is 17.2 Å². The van der Waals surface area contributed by atoms with Crippen LogP contribution in [0.5, 0.6) is 0 Å².